The number of carbonyl (C=O) groups is 1. The van der Waals surface area contributed by atoms with Gasteiger partial charge in [0, 0.05) is 31.9 Å². The highest BCUT2D eigenvalue weighted by molar-refractivity contribution is 5.81. The molecule has 3 heterocycles. The van der Waals surface area contributed by atoms with Gasteiger partial charge in [-0.15, -0.1) is 10.2 Å². The van der Waals surface area contributed by atoms with Crippen molar-refractivity contribution in [2.45, 2.75) is 38.3 Å². The number of nitrogens with zero attached hydrogens (tertiary/aromatic N) is 6. The van der Waals surface area contributed by atoms with Gasteiger partial charge in [-0.3, -0.25) is 19.1 Å². The zero-order chi connectivity index (χ0) is 19.5. The van der Waals surface area contributed by atoms with Crippen molar-refractivity contribution in [3.05, 3.63) is 60.3 Å². The second-order valence-electron chi connectivity index (χ2n) is 7.53. The summed E-state index contributed by atoms with van der Waals surface area (Å²) < 4.78 is 2.02. The van der Waals surface area contributed by atoms with Gasteiger partial charge in [0.2, 0.25) is 5.91 Å². The Labute approximate surface area is 165 Å². The molecule has 146 valence electrons. The number of likely N-dealkylation sites (tertiary alicyclic amines) is 1. The van der Waals surface area contributed by atoms with Gasteiger partial charge < -0.3 is 4.90 Å². The lowest BCUT2D eigenvalue weighted by molar-refractivity contribution is -0.136. The van der Waals surface area contributed by atoms with Crippen LogP contribution < -0.4 is 0 Å². The molecule has 3 aromatic rings. The number of benzene rings is 1. The molecule has 0 spiro atoms. The summed E-state index contributed by atoms with van der Waals surface area (Å²) in [6.07, 6.45) is 7.36. The lowest BCUT2D eigenvalue weighted by Crippen LogP contribution is -2.48. The number of amides is 1. The van der Waals surface area contributed by atoms with Gasteiger partial charge in [-0.2, -0.15) is 0 Å². The van der Waals surface area contributed by atoms with Crippen LogP contribution in [-0.2, 0) is 11.3 Å². The van der Waals surface area contributed by atoms with Crippen LogP contribution in [0.25, 0.3) is 5.65 Å². The fourth-order valence-corrected chi connectivity index (χ4v) is 4.01. The van der Waals surface area contributed by atoms with Crippen molar-refractivity contribution >= 4 is 11.6 Å². The highest BCUT2D eigenvalue weighted by Gasteiger charge is 2.30. The minimum Gasteiger partial charge on any atom is -0.340 e. The molecule has 1 unspecified atom stereocenters. The fourth-order valence-electron chi connectivity index (χ4n) is 4.01. The van der Waals surface area contributed by atoms with Crippen LogP contribution in [0.1, 0.15) is 37.1 Å². The predicted molar refractivity (Wildman–Crippen MR) is 107 cm³/mol. The van der Waals surface area contributed by atoms with E-state index in [-0.39, 0.29) is 11.9 Å². The first-order chi connectivity index (χ1) is 13.6. The molecule has 0 radical (unpaired) electrons. The van der Waals surface area contributed by atoms with E-state index in [1.807, 2.05) is 47.7 Å². The van der Waals surface area contributed by atoms with Crippen molar-refractivity contribution in [1.29, 1.82) is 0 Å². The third kappa shape index (κ3) is 3.75. The normalized spacial score (nSPS) is 16.9. The molecule has 0 bridgehead atoms. The van der Waals surface area contributed by atoms with Crippen molar-refractivity contribution in [1.82, 2.24) is 29.4 Å². The van der Waals surface area contributed by atoms with Crippen LogP contribution in [0.5, 0.6) is 0 Å². The number of aromatic nitrogens is 4. The first-order valence-electron chi connectivity index (χ1n) is 9.81. The van der Waals surface area contributed by atoms with E-state index >= 15 is 0 Å². The van der Waals surface area contributed by atoms with Gasteiger partial charge in [-0.25, -0.2) is 0 Å². The molecule has 1 saturated heterocycles. The summed E-state index contributed by atoms with van der Waals surface area (Å²) in [5.41, 5.74) is 1.93. The molecule has 1 aliphatic rings. The maximum absolute atomic E-state index is 12.9. The first-order valence-corrected chi connectivity index (χ1v) is 9.81. The van der Waals surface area contributed by atoms with E-state index in [0.29, 0.717) is 12.5 Å². The molecule has 1 aromatic carbocycles. The van der Waals surface area contributed by atoms with E-state index in [1.54, 1.807) is 12.4 Å². The summed E-state index contributed by atoms with van der Waals surface area (Å²) in [5, 5.41) is 8.59. The van der Waals surface area contributed by atoms with E-state index in [2.05, 4.69) is 32.2 Å². The average molecular weight is 378 g/mol. The third-order valence-electron chi connectivity index (χ3n) is 5.68. The van der Waals surface area contributed by atoms with Gasteiger partial charge >= 0.3 is 0 Å². The molecule has 1 fully saturated rings. The topological polar surface area (TPSA) is 66.6 Å². The number of hydrogen-bond donors (Lipinski definition) is 0. The summed E-state index contributed by atoms with van der Waals surface area (Å²) in [4.78, 5) is 21.1. The summed E-state index contributed by atoms with van der Waals surface area (Å²) in [6, 6.07) is 10.00. The Bertz CT molecular complexity index is 932. The Hall–Kier alpha value is -2.80. The van der Waals surface area contributed by atoms with Gasteiger partial charge in [0.05, 0.1) is 12.2 Å². The molecule has 0 N–H and O–H groups in total. The van der Waals surface area contributed by atoms with Gasteiger partial charge in [0.25, 0.3) is 0 Å². The molecule has 1 aliphatic heterocycles. The molecule has 0 saturated carbocycles. The molecule has 2 aromatic heterocycles. The SMILES string of the molecule is CC(C(=O)N(C)Cc1ccccc1)N1CCC(c2nnc3cnccn23)CC1. The molecular weight excluding hydrogens is 352 g/mol. The van der Waals surface area contributed by atoms with Crippen LogP contribution in [-0.4, -0.2) is 61.5 Å². The average Bonchev–Trinajstić information content (AvgIpc) is 3.17. The predicted octanol–water partition coefficient (Wildman–Crippen LogP) is 2.35. The molecule has 1 atom stereocenters. The monoisotopic (exact) mass is 378 g/mol. The van der Waals surface area contributed by atoms with Gasteiger partial charge in [0.15, 0.2) is 5.65 Å². The van der Waals surface area contributed by atoms with Crippen molar-refractivity contribution in [3.63, 3.8) is 0 Å². The zero-order valence-corrected chi connectivity index (χ0v) is 16.4. The lowest BCUT2D eigenvalue weighted by Gasteiger charge is -2.36. The number of carbonyl (C=O) groups excluding carboxylic acids is 1. The Morgan fingerprint density at radius 1 is 1.21 bits per heavy atom. The molecular formula is C21H26N6O. The third-order valence-corrected chi connectivity index (χ3v) is 5.68. The maximum Gasteiger partial charge on any atom is 0.239 e. The van der Waals surface area contributed by atoms with Crippen LogP contribution >= 0.6 is 0 Å². The van der Waals surface area contributed by atoms with Crippen molar-refractivity contribution < 1.29 is 4.79 Å². The van der Waals surface area contributed by atoms with Crippen molar-refractivity contribution in [2.24, 2.45) is 0 Å². The smallest absolute Gasteiger partial charge is 0.239 e. The van der Waals surface area contributed by atoms with E-state index in [0.717, 1.165) is 43.0 Å². The minimum absolute atomic E-state index is 0.117. The van der Waals surface area contributed by atoms with Gasteiger partial charge in [-0.05, 0) is 38.4 Å². The minimum atomic E-state index is -0.117. The van der Waals surface area contributed by atoms with Crippen molar-refractivity contribution in [2.75, 3.05) is 20.1 Å². The van der Waals surface area contributed by atoms with E-state index in [4.69, 9.17) is 0 Å². The number of rotatable bonds is 5. The van der Waals surface area contributed by atoms with Crippen LogP contribution in [0.15, 0.2) is 48.9 Å². The van der Waals surface area contributed by atoms with E-state index in [1.165, 1.54) is 0 Å². The molecule has 7 nitrogen and oxygen atoms in total. The molecule has 1 amide bonds. The summed E-state index contributed by atoms with van der Waals surface area (Å²) >= 11 is 0. The summed E-state index contributed by atoms with van der Waals surface area (Å²) in [7, 11) is 1.88. The Kier molecular flexibility index (Phi) is 5.34. The van der Waals surface area contributed by atoms with Crippen molar-refractivity contribution in [3.8, 4) is 0 Å². The zero-order valence-electron chi connectivity index (χ0n) is 16.4. The number of piperidine rings is 1. The number of likely N-dealkylation sites (N-methyl/N-ethyl adjacent to an activating group) is 1. The van der Waals surface area contributed by atoms with Crippen LogP contribution in [0.2, 0.25) is 0 Å². The second kappa shape index (κ2) is 8.06. The molecule has 4 rings (SSSR count). The standard InChI is InChI=1S/C21H26N6O/c1-16(21(28)25(2)15-17-6-4-3-5-7-17)26-11-8-18(9-12-26)20-24-23-19-14-22-10-13-27(19)20/h3-7,10,13-14,16,18H,8-9,11-12,15H2,1-2H3. The molecule has 0 aliphatic carbocycles. The van der Waals surface area contributed by atoms with E-state index < -0.39 is 0 Å². The Morgan fingerprint density at radius 2 is 1.96 bits per heavy atom. The summed E-state index contributed by atoms with van der Waals surface area (Å²) in [5.74, 6) is 1.52. The first kappa shape index (κ1) is 18.6. The van der Waals surface area contributed by atoms with Gasteiger partial charge in [0.1, 0.15) is 5.82 Å². The van der Waals surface area contributed by atoms with Gasteiger partial charge in [-0.1, -0.05) is 30.3 Å². The number of hydrogen-bond acceptors (Lipinski definition) is 5. The Balaban J connectivity index is 1.35. The second-order valence-corrected chi connectivity index (χ2v) is 7.53. The number of fused-ring (bicyclic) bond motifs is 1. The molecule has 7 heteroatoms. The Morgan fingerprint density at radius 3 is 2.71 bits per heavy atom. The van der Waals surface area contributed by atoms with E-state index in [9.17, 15) is 4.79 Å². The molecule has 28 heavy (non-hydrogen) atoms. The summed E-state index contributed by atoms with van der Waals surface area (Å²) in [6.45, 7) is 4.43. The largest absolute Gasteiger partial charge is 0.340 e. The lowest BCUT2D eigenvalue weighted by atomic mass is 9.95. The highest BCUT2D eigenvalue weighted by atomic mass is 16.2. The quantitative estimate of drug-likeness (QED) is 0.682. The van der Waals surface area contributed by atoms with Crippen LogP contribution in [0.3, 0.4) is 0 Å². The van der Waals surface area contributed by atoms with Crippen LogP contribution in [0.4, 0.5) is 0 Å². The fraction of sp³-hybridized carbons (Fsp3) is 0.429. The van der Waals surface area contributed by atoms with Crippen LogP contribution in [0, 0.1) is 0 Å². The highest BCUT2D eigenvalue weighted by Crippen LogP contribution is 2.28. The maximum atomic E-state index is 12.9.